The minimum atomic E-state index is 0.0265. The number of rotatable bonds is 4. The van der Waals surface area contributed by atoms with Crippen molar-refractivity contribution >= 4 is 22.2 Å². The van der Waals surface area contributed by atoms with Gasteiger partial charge in [0.25, 0.3) is 0 Å². The van der Waals surface area contributed by atoms with Gasteiger partial charge in [-0.05, 0) is 36.9 Å². The molecule has 1 atom stereocenters. The van der Waals surface area contributed by atoms with Gasteiger partial charge < -0.3 is 5.73 Å². The van der Waals surface area contributed by atoms with E-state index in [9.17, 15) is 0 Å². The van der Waals surface area contributed by atoms with Crippen LogP contribution in [0.1, 0.15) is 29.1 Å². The van der Waals surface area contributed by atoms with Gasteiger partial charge in [0.2, 0.25) is 0 Å². The fourth-order valence-corrected chi connectivity index (χ4v) is 3.58. The molecule has 1 aromatic carbocycles. The van der Waals surface area contributed by atoms with Crippen molar-refractivity contribution in [3.05, 3.63) is 51.8 Å². The number of para-hydroxylation sites is 1. The molecular weight excluding hydrogens is 266 g/mol. The number of fused-ring (bicyclic) bond motifs is 1. The van der Waals surface area contributed by atoms with Gasteiger partial charge in [0, 0.05) is 29.3 Å². The van der Waals surface area contributed by atoms with Crippen molar-refractivity contribution in [1.82, 2.24) is 9.78 Å². The predicted octanol–water partition coefficient (Wildman–Crippen LogP) is 3.67. The summed E-state index contributed by atoms with van der Waals surface area (Å²) in [7, 11) is 0. The van der Waals surface area contributed by atoms with Crippen LogP contribution in [-0.2, 0) is 13.0 Å². The number of thiophene rings is 1. The highest BCUT2D eigenvalue weighted by atomic mass is 32.1. The largest absolute Gasteiger partial charge is 0.323 e. The molecule has 3 aromatic rings. The first-order valence-corrected chi connectivity index (χ1v) is 7.82. The van der Waals surface area contributed by atoms with Crippen LogP contribution in [0.5, 0.6) is 0 Å². The van der Waals surface area contributed by atoms with Gasteiger partial charge in [-0.2, -0.15) is 5.10 Å². The van der Waals surface area contributed by atoms with Gasteiger partial charge in [-0.3, -0.25) is 4.68 Å². The second kappa shape index (κ2) is 5.38. The summed E-state index contributed by atoms with van der Waals surface area (Å²) in [6.45, 7) is 5.12. The fraction of sp³-hybridized carbons (Fsp3) is 0.312. The number of nitrogens with two attached hydrogens (primary N) is 1. The first-order chi connectivity index (χ1) is 9.70. The Bertz CT molecular complexity index is 726. The summed E-state index contributed by atoms with van der Waals surface area (Å²) < 4.78 is 2.05. The summed E-state index contributed by atoms with van der Waals surface area (Å²) in [6.07, 6.45) is 0.787. The number of benzene rings is 1. The van der Waals surface area contributed by atoms with Crippen LogP contribution < -0.4 is 5.73 Å². The van der Waals surface area contributed by atoms with E-state index in [2.05, 4.69) is 54.2 Å². The molecular formula is C16H19N3S. The van der Waals surface area contributed by atoms with E-state index in [-0.39, 0.29) is 6.04 Å². The molecule has 0 aliphatic rings. The molecule has 1 unspecified atom stereocenters. The molecule has 0 fully saturated rings. The highest BCUT2D eigenvalue weighted by Gasteiger charge is 2.16. The summed E-state index contributed by atoms with van der Waals surface area (Å²) in [4.78, 5) is 1.26. The van der Waals surface area contributed by atoms with Crippen molar-refractivity contribution in [1.29, 1.82) is 0 Å². The van der Waals surface area contributed by atoms with Crippen LogP contribution in [-0.4, -0.2) is 9.78 Å². The zero-order chi connectivity index (χ0) is 14.1. The Morgan fingerprint density at radius 3 is 2.80 bits per heavy atom. The minimum absolute atomic E-state index is 0.0265. The first kappa shape index (κ1) is 13.3. The van der Waals surface area contributed by atoms with Crippen LogP contribution in [0.25, 0.3) is 10.9 Å². The van der Waals surface area contributed by atoms with Crippen LogP contribution in [0.4, 0.5) is 0 Å². The molecule has 0 saturated heterocycles. The number of aromatic nitrogens is 2. The summed E-state index contributed by atoms with van der Waals surface area (Å²) in [5.41, 5.74) is 9.95. The van der Waals surface area contributed by atoms with Crippen LogP contribution in [0.15, 0.2) is 35.7 Å². The van der Waals surface area contributed by atoms with Crippen LogP contribution in [0, 0.1) is 6.92 Å². The summed E-state index contributed by atoms with van der Waals surface area (Å²) in [5.74, 6) is 0. The molecule has 4 heteroatoms. The van der Waals surface area contributed by atoms with Gasteiger partial charge in [-0.1, -0.05) is 18.2 Å². The first-order valence-electron chi connectivity index (χ1n) is 6.94. The number of nitrogens with zero attached hydrogens (tertiary/aromatic N) is 2. The maximum atomic E-state index is 6.38. The van der Waals surface area contributed by atoms with Crippen molar-refractivity contribution in [2.45, 2.75) is 32.9 Å². The van der Waals surface area contributed by atoms with E-state index in [1.54, 1.807) is 11.3 Å². The number of aryl methyl sites for hydroxylation is 2. The standard InChI is InChI=1S/C16H19N3S/c1-3-19-15-7-5-4-6-12(15)14(18-19)10-13(17)16-11(2)8-9-20-16/h4-9,13H,3,10,17H2,1-2H3. The molecule has 20 heavy (non-hydrogen) atoms. The molecule has 0 amide bonds. The van der Waals surface area contributed by atoms with Crippen LogP contribution in [0.3, 0.4) is 0 Å². The monoisotopic (exact) mass is 285 g/mol. The lowest BCUT2D eigenvalue weighted by atomic mass is 10.1. The van der Waals surface area contributed by atoms with Gasteiger partial charge >= 0.3 is 0 Å². The van der Waals surface area contributed by atoms with Gasteiger partial charge in [-0.15, -0.1) is 11.3 Å². The molecule has 3 nitrogen and oxygen atoms in total. The van der Waals surface area contributed by atoms with Gasteiger partial charge in [-0.25, -0.2) is 0 Å². The van der Waals surface area contributed by atoms with E-state index in [0.717, 1.165) is 18.7 Å². The summed E-state index contributed by atoms with van der Waals surface area (Å²) in [6, 6.07) is 10.5. The average molecular weight is 285 g/mol. The smallest absolute Gasteiger partial charge is 0.0722 e. The highest BCUT2D eigenvalue weighted by Crippen LogP contribution is 2.27. The molecule has 0 saturated carbocycles. The Hall–Kier alpha value is -1.65. The van der Waals surface area contributed by atoms with E-state index in [1.165, 1.54) is 21.3 Å². The zero-order valence-corrected chi connectivity index (χ0v) is 12.7. The minimum Gasteiger partial charge on any atom is -0.323 e. The Morgan fingerprint density at radius 2 is 2.10 bits per heavy atom. The molecule has 0 aliphatic heterocycles. The third-order valence-electron chi connectivity index (χ3n) is 3.69. The van der Waals surface area contributed by atoms with Gasteiger partial charge in [0.15, 0.2) is 0 Å². The Morgan fingerprint density at radius 1 is 1.30 bits per heavy atom. The molecule has 2 N–H and O–H groups in total. The van der Waals surface area contributed by atoms with Gasteiger partial charge in [0.1, 0.15) is 0 Å². The summed E-state index contributed by atoms with van der Waals surface area (Å²) in [5, 5.41) is 8.05. The molecule has 0 bridgehead atoms. The Balaban J connectivity index is 1.97. The zero-order valence-electron chi connectivity index (χ0n) is 11.8. The van der Waals surface area contributed by atoms with E-state index >= 15 is 0 Å². The maximum absolute atomic E-state index is 6.38. The van der Waals surface area contributed by atoms with E-state index in [1.807, 2.05) is 0 Å². The van der Waals surface area contributed by atoms with E-state index < -0.39 is 0 Å². The lowest BCUT2D eigenvalue weighted by molar-refractivity contribution is 0.644. The Labute approximate surface area is 123 Å². The maximum Gasteiger partial charge on any atom is 0.0722 e. The lowest BCUT2D eigenvalue weighted by Gasteiger charge is -2.09. The fourth-order valence-electron chi connectivity index (χ4n) is 2.65. The topological polar surface area (TPSA) is 43.8 Å². The normalized spacial score (nSPS) is 12.9. The lowest BCUT2D eigenvalue weighted by Crippen LogP contribution is -2.13. The van der Waals surface area contributed by atoms with Crippen molar-refractivity contribution in [2.75, 3.05) is 0 Å². The van der Waals surface area contributed by atoms with Crippen molar-refractivity contribution < 1.29 is 0 Å². The molecule has 2 aromatic heterocycles. The molecule has 0 aliphatic carbocycles. The third kappa shape index (κ3) is 2.25. The number of hydrogen-bond donors (Lipinski definition) is 1. The van der Waals surface area contributed by atoms with Crippen molar-refractivity contribution in [3.63, 3.8) is 0 Å². The average Bonchev–Trinajstić information content (AvgIpc) is 3.03. The van der Waals surface area contributed by atoms with Gasteiger partial charge in [0.05, 0.1) is 11.2 Å². The predicted molar refractivity (Wildman–Crippen MR) is 85.1 cm³/mol. The van der Waals surface area contributed by atoms with Crippen LogP contribution in [0.2, 0.25) is 0 Å². The van der Waals surface area contributed by atoms with Crippen LogP contribution >= 0.6 is 11.3 Å². The molecule has 104 valence electrons. The SMILES string of the molecule is CCn1nc(CC(N)c2sccc2C)c2ccccc21. The van der Waals surface area contributed by atoms with Crippen molar-refractivity contribution in [2.24, 2.45) is 5.73 Å². The molecule has 3 rings (SSSR count). The van der Waals surface area contributed by atoms with Crippen molar-refractivity contribution in [3.8, 4) is 0 Å². The molecule has 2 heterocycles. The third-order valence-corrected chi connectivity index (χ3v) is 4.84. The quantitative estimate of drug-likeness (QED) is 0.795. The second-order valence-corrected chi connectivity index (χ2v) is 6.01. The number of hydrogen-bond acceptors (Lipinski definition) is 3. The van der Waals surface area contributed by atoms with E-state index in [0.29, 0.717) is 0 Å². The second-order valence-electron chi connectivity index (χ2n) is 5.06. The Kier molecular flexibility index (Phi) is 3.59. The summed E-state index contributed by atoms with van der Waals surface area (Å²) >= 11 is 1.74. The molecule has 0 radical (unpaired) electrons. The van der Waals surface area contributed by atoms with E-state index in [4.69, 9.17) is 10.8 Å². The highest BCUT2D eigenvalue weighted by molar-refractivity contribution is 7.10. The molecule has 0 spiro atoms.